The van der Waals surface area contributed by atoms with Gasteiger partial charge in [0.15, 0.2) is 0 Å². The topological polar surface area (TPSA) is 135 Å². The minimum absolute atomic E-state index is 0. The molecule has 0 aliphatic heterocycles. The number of nitrogens with one attached hydrogen (secondary N) is 2. The molecular formula is C24H27MnN3O6S2. The number of nitrogens with zero attached hydrogens (tertiary/aromatic N) is 1. The number of thiazole rings is 1. The third-order valence-electron chi connectivity index (χ3n) is 4.52. The molecule has 1 radical (unpaired) electrons. The fraction of sp³-hybridized carbons (Fsp3) is 0.250. The number of aryl methyl sites for hydroxylation is 1. The van der Waals surface area contributed by atoms with E-state index >= 15 is 0 Å². The van der Waals surface area contributed by atoms with Gasteiger partial charge in [-0.15, -0.1) is 5.38 Å². The van der Waals surface area contributed by atoms with Crippen molar-refractivity contribution in [2.45, 2.75) is 32.2 Å². The minimum atomic E-state index is -4.21. The number of methoxy groups -OCH3 is 1. The number of aromatic nitrogens is 1. The third kappa shape index (κ3) is 12.2. The van der Waals surface area contributed by atoms with Crippen LogP contribution in [0.15, 0.2) is 60.0 Å². The van der Waals surface area contributed by atoms with Gasteiger partial charge in [0, 0.05) is 0 Å². The monoisotopic (exact) mass is 572 g/mol. The number of amides is 1. The van der Waals surface area contributed by atoms with Crippen LogP contribution in [0.25, 0.3) is 0 Å². The van der Waals surface area contributed by atoms with Crippen LogP contribution in [-0.4, -0.2) is 43.5 Å². The fourth-order valence-electron chi connectivity index (χ4n) is 2.83. The van der Waals surface area contributed by atoms with Gasteiger partial charge in [0.2, 0.25) is 0 Å². The first-order chi connectivity index (χ1) is 16.7. The summed E-state index contributed by atoms with van der Waals surface area (Å²) in [6.07, 6.45) is 5.23. The Labute approximate surface area is 226 Å². The van der Waals surface area contributed by atoms with Gasteiger partial charge in [-0.3, -0.25) is 14.3 Å². The molecule has 1 heterocycles. The maximum Gasteiger partial charge on any atom is 2.00 e. The SMILES string of the molecule is CCc1nc([CH-]Cc2ccc(NS(=O)(=O)O)cc2)cs1.COC(=O)N[C@H]([C-]=O)Cc1ccccc1.[Mn+2]. The van der Waals surface area contributed by atoms with Crippen LogP contribution in [0, 0.1) is 6.42 Å². The summed E-state index contributed by atoms with van der Waals surface area (Å²) in [6, 6.07) is 15.5. The van der Waals surface area contributed by atoms with Crippen molar-refractivity contribution < 1.29 is 44.4 Å². The Hall–Kier alpha value is -2.89. The van der Waals surface area contributed by atoms with Crippen molar-refractivity contribution in [3.05, 3.63) is 88.2 Å². The van der Waals surface area contributed by atoms with E-state index in [0.29, 0.717) is 12.1 Å². The van der Waals surface area contributed by atoms with E-state index < -0.39 is 22.4 Å². The van der Waals surface area contributed by atoms with Crippen LogP contribution >= 0.6 is 11.3 Å². The largest absolute Gasteiger partial charge is 2.00 e. The van der Waals surface area contributed by atoms with Crippen LogP contribution in [0.3, 0.4) is 0 Å². The summed E-state index contributed by atoms with van der Waals surface area (Å²) in [5.74, 6) is 0. The van der Waals surface area contributed by atoms with Crippen LogP contribution in [0.5, 0.6) is 0 Å². The van der Waals surface area contributed by atoms with Gasteiger partial charge in [-0.05, 0) is 30.5 Å². The van der Waals surface area contributed by atoms with Crippen molar-refractivity contribution >= 4 is 39.7 Å². The molecule has 9 nitrogen and oxygen atoms in total. The first-order valence-electron chi connectivity index (χ1n) is 10.6. The smallest absolute Gasteiger partial charge is 0.540 e. The van der Waals surface area contributed by atoms with Crippen LogP contribution < -0.4 is 10.0 Å². The minimum Gasteiger partial charge on any atom is -0.540 e. The van der Waals surface area contributed by atoms with Crippen LogP contribution in [0.2, 0.25) is 0 Å². The molecule has 3 N–H and O–H groups in total. The van der Waals surface area contributed by atoms with E-state index in [4.69, 9.17) is 4.55 Å². The van der Waals surface area contributed by atoms with Crippen molar-refractivity contribution in [3.63, 3.8) is 0 Å². The Balaban J connectivity index is 0.000000365. The van der Waals surface area contributed by atoms with Gasteiger partial charge >= 0.3 is 33.5 Å². The fourth-order valence-corrected chi connectivity index (χ4v) is 4.00. The quantitative estimate of drug-likeness (QED) is 0.191. The molecular weight excluding hydrogens is 545 g/mol. The molecule has 2 aromatic carbocycles. The van der Waals surface area contributed by atoms with Crippen LogP contribution in [0.4, 0.5) is 10.5 Å². The zero-order chi connectivity index (χ0) is 25.7. The molecule has 0 bridgehead atoms. The van der Waals surface area contributed by atoms with Crippen molar-refractivity contribution in [2.24, 2.45) is 0 Å². The van der Waals surface area contributed by atoms with Crippen LogP contribution in [0.1, 0.15) is 28.8 Å². The molecule has 3 rings (SSSR count). The summed E-state index contributed by atoms with van der Waals surface area (Å²) in [4.78, 5) is 25.9. The van der Waals surface area contributed by atoms with E-state index in [9.17, 15) is 18.0 Å². The normalized spacial score (nSPS) is 11.1. The first-order valence-corrected chi connectivity index (χ1v) is 12.9. The zero-order valence-electron chi connectivity index (χ0n) is 19.7. The Bertz CT molecular complexity index is 1170. The molecule has 12 heteroatoms. The summed E-state index contributed by atoms with van der Waals surface area (Å²) < 4.78 is 36.4. The summed E-state index contributed by atoms with van der Waals surface area (Å²) in [7, 11) is -2.96. The number of hydrogen-bond donors (Lipinski definition) is 3. The van der Waals surface area contributed by atoms with Crippen LogP contribution in [-0.2, 0) is 56.2 Å². The predicted octanol–water partition coefficient (Wildman–Crippen LogP) is 3.78. The number of alkyl carbamates (subject to hydrolysis) is 1. The Morgan fingerprint density at radius 2 is 1.83 bits per heavy atom. The molecule has 0 aliphatic rings. The van der Waals surface area contributed by atoms with E-state index in [1.54, 1.807) is 41.9 Å². The molecule has 1 atom stereocenters. The predicted molar refractivity (Wildman–Crippen MR) is 135 cm³/mol. The second-order valence-corrected chi connectivity index (χ2v) is 9.29. The van der Waals surface area contributed by atoms with Gasteiger partial charge < -0.3 is 14.8 Å². The number of hydrogen-bond acceptors (Lipinski definition) is 7. The molecule has 1 amide bonds. The number of rotatable bonds is 10. The maximum absolute atomic E-state index is 10.9. The van der Waals surface area contributed by atoms with E-state index in [1.165, 1.54) is 7.11 Å². The number of carbonyl (C=O) groups is 1. The van der Waals surface area contributed by atoms with Crippen molar-refractivity contribution in [1.82, 2.24) is 10.3 Å². The van der Waals surface area contributed by atoms with E-state index in [-0.39, 0.29) is 17.1 Å². The van der Waals surface area contributed by atoms with E-state index in [1.807, 2.05) is 46.9 Å². The Morgan fingerprint density at radius 1 is 1.17 bits per heavy atom. The molecule has 0 saturated carbocycles. The summed E-state index contributed by atoms with van der Waals surface area (Å²) in [6.45, 7) is 2.07. The molecule has 193 valence electrons. The summed E-state index contributed by atoms with van der Waals surface area (Å²) in [5.41, 5.74) is 3.30. The maximum atomic E-state index is 10.9. The van der Waals surface area contributed by atoms with E-state index in [0.717, 1.165) is 34.7 Å². The Morgan fingerprint density at radius 3 is 2.36 bits per heavy atom. The molecule has 0 saturated heterocycles. The number of benzene rings is 2. The number of carbonyl (C=O) groups excluding carboxylic acids is 2. The van der Waals surface area contributed by atoms with Gasteiger partial charge in [0.25, 0.3) is 0 Å². The average Bonchev–Trinajstić information content (AvgIpc) is 3.31. The average molecular weight is 573 g/mol. The molecule has 0 fully saturated rings. The molecule has 0 unspecified atom stereocenters. The molecule has 0 spiro atoms. The second kappa shape index (κ2) is 16.0. The molecule has 36 heavy (non-hydrogen) atoms. The van der Waals surface area contributed by atoms with Gasteiger partial charge in [-0.1, -0.05) is 73.1 Å². The van der Waals surface area contributed by atoms with Crippen molar-refractivity contribution in [2.75, 3.05) is 11.8 Å². The summed E-state index contributed by atoms with van der Waals surface area (Å²) in [5, 5.41) is 5.52. The molecule has 3 aromatic rings. The van der Waals surface area contributed by atoms with Gasteiger partial charge in [-0.25, -0.2) is 28.8 Å². The third-order valence-corrected chi connectivity index (χ3v) is 6.03. The van der Waals surface area contributed by atoms with Gasteiger partial charge in [0.1, 0.15) is 0 Å². The van der Waals surface area contributed by atoms with Gasteiger partial charge in [0.05, 0.1) is 17.8 Å². The van der Waals surface area contributed by atoms with Crippen molar-refractivity contribution in [3.8, 4) is 0 Å². The standard InChI is InChI=1S/C13H15N2O3S2.C11H12NO3.Mn/c1-2-13-14-12(9-19-13)8-5-10-3-6-11(7-4-10)15-20(16,17)18;1-15-11(14)12-10(8-13)7-9-5-3-2-4-6-9;/h3-4,6-9,15H,2,5H2,1H3,(H,16,17,18);2-6,10H,7H2,1H3,(H,12,14);/q2*-1;+2/t;10-;/m.0./s1. The number of ether oxygens (including phenoxy) is 1. The molecule has 0 aliphatic carbocycles. The Kier molecular flexibility index (Phi) is 13.8. The summed E-state index contributed by atoms with van der Waals surface area (Å²) >= 11 is 1.65. The second-order valence-electron chi connectivity index (χ2n) is 7.20. The molecule has 1 aromatic heterocycles. The van der Waals surface area contributed by atoms with Gasteiger partial charge in [-0.2, -0.15) is 8.42 Å². The van der Waals surface area contributed by atoms with Crippen molar-refractivity contribution in [1.29, 1.82) is 0 Å². The van der Waals surface area contributed by atoms with E-state index in [2.05, 4.69) is 22.0 Å². The first kappa shape index (κ1) is 31.1. The zero-order valence-corrected chi connectivity index (χ0v) is 22.5. The number of anilines is 1.